The monoisotopic (exact) mass is 293 g/mol. The number of aromatic nitrogens is 1. The Hall–Kier alpha value is -1.84. The molecule has 0 N–H and O–H groups in total. The summed E-state index contributed by atoms with van der Waals surface area (Å²) in [6.45, 7) is 4.59. The molecule has 1 aromatic carbocycles. The molecule has 1 aliphatic carbocycles. The van der Waals surface area contributed by atoms with Gasteiger partial charge in [0.1, 0.15) is 0 Å². The Morgan fingerprint density at radius 1 is 0.952 bits per heavy atom. The Morgan fingerprint density at radius 3 is 1.90 bits per heavy atom. The van der Waals surface area contributed by atoms with Gasteiger partial charge in [0.05, 0.1) is 11.3 Å². The Labute approximate surface area is 122 Å². The Balaban J connectivity index is 0.000000272. The quantitative estimate of drug-likeness (QED) is 0.683. The number of rotatable bonds is 1. The molecule has 0 aliphatic heterocycles. The standard InChI is InChI=1S/C12H8F3N.C5H10/c13-12(14,15)10-6-4-9(5-7-10)11-3-1-2-8-16-11;1-4-3-5(4)2/h1-8H;4-5H,3H2,1-2H3/t;4-,5?/m.1/s1. The molecule has 0 amide bonds. The number of nitrogens with zero attached hydrogens (tertiary/aromatic N) is 1. The molecule has 3 rings (SSSR count). The molecule has 0 bridgehead atoms. The zero-order valence-corrected chi connectivity index (χ0v) is 12.1. The first-order valence-electron chi connectivity index (χ1n) is 6.96. The van der Waals surface area contributed by atoms with Crippen LogP contribution >= 0.6 is 0 Å². The van der Waals surface area contributed by atoms with E-state index in [9.17, 15) is 13.2 Å². The third-order valence-electron chi connectivity index (χ3n) is 3.68. The molecular formula is C17H18F3N. The van der Waals surface area contributed by atoms with Crippen molar-refractivity contribution in [2.45, 2.75) is 26.4 Å². The first-order valence-corrected chi connectivity index (χ1v) is 6.96. The van der Waals surface area contributed by atoms with E-state index in [1.54, 1.807) is 24.4 Å². The predicted octanol–water partition coefficient (Wildman–Crippen LogP) is 5.43. The highest BCUT2D eigenvalue weighted by Crippen LogP contribution is 2.36. The number of hydrogen-bond donors (Lipinski definition) is 0. The van der Waals surface area contributed by atoms with Gasteiger partial charge >= 0.3 is 6.18 Å². The molecule has 0 saturated heterocycles. The Kier molecular flexibility index (Phi) is 4.66. The van der Waals surface area contributed by atoms with Gasteiger partial charge in [-0.1, -0.05) is 32.0 Å². The first-order chi connectivity index (χ1) is 9.88. The molecule has 21 heavy (non-hydrogen) atoms. The molecule has 1 aromatic heterocycles. The largest absolute Gasteiger partial charge is 0.416 e. The van der Waals surface area contributed by atoms with Gasteiger partial charge in [0.25, 0.3) is 0 Å². The van der Waals surface area contributed by atoms with Crippen molar-refractivity contribution in [3.63, 3.8) is 0 Å². The van der Waals surface area contributed by atoms with Gasteiger partial charge in [-0.25, -0.2) is 0 Å². The minimum absolute atomic E-state index is 0.646. The van der Waals surface area contributed by atoms with Gasteiger partial charge in [-0.3, -0.25) is 4.98 Å². The van der Waals surface area contributed by atoms with Crippen LogP contribution in [0.25, 0.3) is 11.3 Å². The maximum atomic E-state index is 12.3. The van der Waals surface area contributed by atoms with E-state index >= 15 is 0 Å². The topological polar surface area (TPSA) is 12.9 Å². The molecule has 0 radical (unpaired) electrons. The van der Waals surface area contributed by atoms with Crippen molar-refractivity contribution in [2.24, 2.45) is 11.8 Å². The third-order valence-corrected chi connectivity index (χ3v) is 3.68. The second kappa shape index (κ2) is 6.29. The molecule has 112 valence electrons. The SMILES string of the molecule is CC1C[C@H]1C.FC(F)(F)c1ccc(-c2ccccn2)cc1. The van der Waals surface area contributed by atoms with Gasteiger partial charge in [0, 0.05) is 11.8 Å². The van der Waals surface area contributed by atoms with Crippen molar-refractivity contribution in [3.05, 3.63) is 54.2 Å². The van der Waals surface area contributed by atoms with Gasteiger partial charge in [-0.15, -0.1) is 0 Å². The van der Waals surface area contributed by atoms with Crippen molar-refractivity contribution >= 4 is 0 Å². The highest BCUT2D eigenvalue weighted by molar-refractivity contribution is 5.59. The van der Waals surface area contributed by atoms with Crippen molar-refractivity contribution in [3.8, 4) is 11.3 Å². The summed E-state index contributed by atoms with van der Waals surface area (Å²) in [5.41, 5.74) is 0.692. The molecule has 1 unspecified atom stereocenters. The normalized spacial score (nSPS) is 20.4. The third kappa shape index (κ3) is 4.59. The van der Waals surface area contributed by atoms with Crippen LogP contribution in [0, 0.1) is 11.8 Å². The highest BCUT2D eigenvalue weighted by Gasteiger charge is 2.30. The van der Waals surface area contributed by atoms with E-state index in [0.29, 0.717) is 11.3 Å². The van der Waals surface area contributed by atoms with Crippen molar-refractivity contribution in [1.82, 2.24) is 4.98 Å². The number of alkyl halides is 3. The average molecular weight is 293 g/mol. The van der Waals surface area contributed by atoms with E-state index in [2.05, 4.69) is 18.8 Å². The maximum Gasteiger partial charge on any atom is 0.416 e. The fourth-order valence-corrected chi connectivity index (χ4v) is 1.87. The number of halogens is 3. The molecule has 1 heterocycles. The fourth-order valence-electron chi connectivity index (χ4n) is 1.87. The van der Waals surface area contributed by atoms with E-state index in [0.717, 1.165) is 24.0 Å². The van der Waals surface area contributed by atoms with Crippen LogP contribution in [-0.2, 0) is 6.18 Å². The van der Waals surface area contributed by atoms with Crippen molar-refractivity contribution in [1.29, 1.82) is 0 Å². The van der Waals surface area contributed by atoms with Crippen LogP contribution < -0.4 is 0 Å². The van der Waals surface area contributed by atoms with E-state index in [4.69, 9.17) is 0 Å². The molecule has 1 nitrogen and oxygen atoms in total. The van der Waals surface area contributed by atoms with E-state index in [1.165, 1.54) is 18.6 Å². The van der Waals surface area contributed by atoms with Crippen LogP contribution in [0.4, 0.5) is 13.2 Å². The lowest BCUT2D eigenvalue weighted by Gasteiger charge is -2.07. The maximum absolute atomic E-state index is 12.3. The zero-order valence-electron chi connectivity index (χ0n) is 12.1. The van der Waals surface area contributed by atoms with Crippen molar-refractivity contribution in [2.75, 3.05) is 0 Å². The molecule has 1 aliphatic rings. The van der Waals surface area contributed by atoms with Crippen molar-refractivity contribution < 1.29 is 13.2 Å². The summed E-state index contributed by atoms with van der Waals surface area (Å²) in [5, 5.41) is 0. The van der Waals surface area contributed by atoms with Gasteiger partial charge < -0.3 is 0 Å². The minimum Gasteiger partial charge on any atom is -0.256 e. The van der Waals surface area contributed by atoms with Gasteiger partial charge in [-0.05, 0) is 42.5 Å². The first kappa shape index (κ1) is 15.5. The number of pyridine rings is 1. The predicted molar refractivity (Wildman–Crippen MR) is 77.6 cm³/mol. The molecule has 0 spiro atoms. The minimum atomic E-state index is -4.29. The van der Waals surface area contributed by atoms with Gasteiger partial charge in [0.2, 0.25) is 0 Å². The summed E-state index contributed by atoms with van der Waals surface area (Å²) < 4.78 is 36.9. The van der Waals surface area contributed by atoms with E-state index < -0.39 is 11.7 Å². The van der Waals surface area contributed by atoms with Crippen LogP contribution in [0.5, 0.6) is 0 Å². The summed E-state index contributed by atoms with van der Waals surface area (Å²) in [7, 11) is 0. The van der Waals surface area contributed by atoms with Crippen LogP contribution in [0.2, 0.25) is 0 Å². The molecular weight excluding hydrogens is 275 g/mol. The summed E-state index contributed by atoms with van der Waals surface area (Å²) in [4.78, 5) is 4.06. The lowest BCUT2D eigenvalue weighted by Crippen LogP contribution is -2.04. The summed E-state index contributed by atoms with van der Waals surface area (Å²) in [6, 6.07) is 10.3. The summed E-state index contributed by atoms with van der Waals surface area (Å²) in [5.74, 6) is 2.10. The summed E-state index contributed by atoms with van der Waals surface area (Å²) in [6.07, 6.45) is -1.21. The second-order valence-electron chi connectivity index (χ2n) is 5.48. The summed E-state index contributed by atoms with van der Waals surface area (Å²) >= 11 is 0. The van der Waals surface area contributed by atoms with Gasteiger partial charge in [-0.2, -0.15) is 13.2 Å². The Bertz CT molecular complexity index is 555. The van der Waals surface area contributed by atoms with E-state index in [-0.39, 0.29) is 0 Å². The smallest absolute Gasteiger partial charge is 0.256 e. The Morgan fingerprint density at radius 2 is 1.52 bits per heavy atom. The zero-order chi connectivity index (χ0) is 15.5. The van der Waals surface area contributed by atoms with Crippen LogP contribution in [-0.4, -0.2) is 4.98 Å². The second-order valence-corrected chi connectivity index (χ2v) is 5.48. The lowest BCUT2D eigenvalue weighted by atomic mass is 10.1. The molecule has 4 heteroatoms. The average Bonchev–Trinajstić information content (AvgIpc) is 3.12. The van der Waals surface area contributed by atoms with Crippen LogP contribution in [0.3, 0.4) is 0 Å². The fraction of sp³-hybridized carbons (Fsp3) is 0.353. The molecule has 1 fully saturated rings. The number of hydrogen-bond acceptors (Lipinski definition) is 1. The number of benzene rings is 1. The molecule has 2 atom stereocenters. The van der Waals surface area contributed by atoms with Crippen LogP contribution in [0.15, 0.2) is 48.7 Å². The van der Waals surface area contributed by atoms with Crippen LogP contribution in [0.1, 0.15) is 25.8 Å². The van der Waals surface area contributed by atoms with E-state index in [1.807, 2.05) is 0 Å². The van der Waals surface area contributed by atoms with Gasteiger partial charge in [0.15, 0.2) is 0 Å². The highest BCUT2D eigenvalue weighted by atomic mass is 19.4. The lowest BCUT2D eigenvalue weighted by molar-refractivity contribution is -0.137. The molecule has 2 aromatic rings. The molecule has 1 saturated carbocycles.